The molecule has 0 unspecified atom stereocenters. The summed E-state index contributed by atoms with van der Waals surface area (Å²) < 4.78 is 22.8. The van der Waals surface area contributed by atoms with Crippen molar-refractivity contribution in [3.8, 4) is 22.5 Å². The van der Waals surface area contributed by atoms with Gasteiger partial charge in [-0.15, -0.1) is 65.4 Å². The first-order valence-corrected chi connectivity index (χ1v) is 13.1. The van der Waals surface area contributed by atoms with Crippen LogP contribution < -0.4 is 0 Å². The van der Waals surface area contributed by atoms with Gasteiger partial charge in [0.05, 0.1) is 5.58 Å². The molecule has 1 radical (unpaired) electrons. The molecule has 3 aromatic carbocycles. The van der Waals surface area contributed by atoms with E-state index in [1.165, 1.54) is 20.5 Å². The third-order valence-electron chi connectivity index (χ3n) is 6.43. The maximum Gasteiger partial charge on any atom is 0.122 e. The molecule has 0 spiro atoms. The molecule has 0 amide bonds. The Morgan fingerprint density at radius 3 is 2.46 bits per heavy atom. The first kappa shape index (κ1) is 24.4. The molecule has 0 atom stereocenters. The van der Waals surface area contributed by atoms with Gasteiger partial charge < -0.3 is 14.4 Å². The van der Waals surface area contributed by atoms with Gasteiger partial charge in [0.2, 0.25) is 0 Å². The molecule has 7 aromatic rings. The van der Waals surface area contributed by atoms with E-state index >= 15 is 0 Å². The van der Waals surface area contributed by atoms with Gasteiger partial charge in [0, 0.05) is 50.2 Å². The number of hydrogen-bond donors (Lipinski definition) is 0. The molecule has 0 aliphatic rings. The van der Waals surface area contributed by atoms with Crippen molar-refractivity contribution in [3.05, 3.63) is 119 Å². The fraction of sp³-hybridized carbons (Fsp3) is 0.118. The van der Waals surface area contributed by atoms with Crippen LogP contribution in [0.3, 0.4) is 0 Å². The Morgan fingerprint density at radius 1 is 0.821 bits per heavy atom. The van der Waals surface area contributed by atoms with Crippen LogP contribution in [0.1, 0.15) is 24.3 Å². The van der Waals surface area contributed by atoms with E-state index in [0.717, 1.165) is 55.6 Å². The Hall–Kier alpha value is -3.63. The van der Waals surface area contributed by atoms with E-state index in [1.54, 1.807) is 17.5 Å². The van der Waals surface area contributed by atoms with Crippen LogP contribution in [-0.4, -0.2) is 9.97 Å². The minimum absolute atomic E-state index is 0. The summed E-state index contributed by atoms with van der Waals surface area (Å²) in [5.74, 6) is 0. The summed E-state index contributed by atoms with van der Waals surface area (Å²) in [6.45, 7) is 4.42. The fourth-order valence-corrected chi connectivity index (χ4v) is 5.37. The summed E-state index contributed by atoms with van der Waals surface area (Å²) in [6, 6.07) is 30.7. The molecule has 0 N–H and O–H groups in total. The van der Waals surface area contributed by atoms with Gasteiger partial charge in [0.25, 0.3) is 0 Å². The third-order valence-corrected chi connectivity index (χ3v) is 7.44. The van der Waals surface area contributed by atoms with Crippen LogP contribution in [0.15, 0.2) is 89.6 Å². The van der Waals surface area contributed by atoms with Crippen LogP contribution in [0, 0.1) is 39.8 Å². The molecule has 0 aliphatic carbocycles. The number of aryl methyl sites for hydroxylation is 4. The van der Waals surface area contributed by atoms with Gasteiger partial charge in [0.1, 0.15) is 5.58 Å². The molecule has 4 aromatic heterocycles. The van der Waals surface area contributed by atoms with E-state index in [1.807, 2.05) is 61.7 Å². The van der Waals surface area contributed by atoms with Crippen LogP contribution in [0.4, 0.5) is 0 Å². The van der Waals surface area contributed by atoms with Crippen molar-refractivity contribution in [3.63, 3.8) is 0 Å². The van der Waals surface area contributed by atoms with Gasteiger partial charge in [0.15, 0.2) is 0 Å². The zero-order chi connectivity index (χ0) is 27.6. The van der Waals surface area contributed by atoms with Gasteiger partial charge in [-0.05, 0) is 73.7 Å². The number of rotatable bonds is 2. The van der Waals surface area contributed by atoms with Gasteiger partial charge in [-0.3, -0.25) is 0 Å². The first-order chi connectivity index (χ1) is 19.5. The number of pyridine rings is 2. The van der Waals surface area contributed by atoms with E-state index in [4.69, 9.17) is 7.16 Å². The Balaban J connectivity index is 0.000000204. The molecular weight excluding hydrogens is 677 g/mol. The summed E-state index contributed by atoms with van der Waals surface area (Å²) in [7, 11) is 0. The molecule has 0 saturated carbocycles. The largest absolute Gasteiger partial charge is 0.501 e. The molecule has 7 rings (SSSR count). The van der Waals surface area contributed by atoms with Gasteiger partial charge >= 0.3 is 0 Å². The van der Waals surface area contributed by atoms with E-state index in [0.29, 0.717) is 0 Å². The minimum atomic E-state index is 0. The van der Waals surface area contributed by atoms with Gasteiger partial charge in [-0.25, -0.2) is 0 Å². The molecule has 3 nitrogen and oxygen atoms in total. The quantitative estimate of drug-likeness (QED) is 0.168. The Kier molecular flexibility index (Phi) is 7.03. The van der Waals surface area contributed by atoms with Crippen molar-refractivity contribution in [1.82, 2.24) is 9.97 Å². The standard InChI is InChI=1S/C22H16NOS.C12H10N.Ir/c1-12-7-19(23-11-13(12)2)17-6-4-5-16-18-9-15-8-14(3)25-21(15)10-20(18)24-22(16)17;1-10-7-8-12(13-9-10)11-5-3-2-4-6-11;/h4-5,7-11H,1-3H3;2-5,7-9H,1H3;/q2*-1;/i1D,2D;;. The molecule has 0 saturated heterocycles. The normalized spacial score (nSPS) is 11.5. The average molecular weight is 705 g/mol. The number of furan rings is 1. The molecular formula is C34H26IrN2OS-2. The number of fused-ring (bicyclic) bond motifs is 4. The van der Waals surface area contributed by atoms with E-state index < -0.39 is 0 Å². The van der Waals surface area contributed by atoms with Crippen LogP contribution in [0.5, 0.6) is 0 Å². The second-order valence-electron chi connectivity index (χ2n) is 9.28. The van der Waals surface area contributed by atoms with Crippen molar-refractivity contribution in [1.29, 1.82) is 0 Å². The Morgan fingerprint density at radius 2 is 1.69 bits per heavy atom. The van der Waals surface area contributed by atoms with E-state index in [9.17, 15) is 0 Å². The Bertz CT molecular complexity index is 1950. The molecule has 5 heteroatoms. The van der Waals surface area contributed by atoms with Crippen molar-refractivity contribution < 1.29 is 27.3 Å². The zero-order valence-electron chi connectivity index (χ0n) is 23.5. The molecule has 0 bridgehead atoms. The monoisotopic (exact) mass is 705 g/mol. The zero-order valence-corrected chi connectivity index (χ0v) is 24.8. The summed E-state index contributed by atoms with van der Waals surface area (Å²) in [5, 5.41) is 3.37. The predicted octanol–water partition coefficient (Wildman–Crippen LogP) is 9.44. The summed E-state index contributed by atoms with van der Waals surface area (Å²) in [4.78, 5) is 10.1. The van der Waals surface area contributed by atoms with Crippen molar-refractivity contribution >= 4 is 43.4 Å². The maximum absolute atomic E-state index is 7.74. The van der Waals surface area contributed by atoms with E-state index in [-0.39, 0.29) is 33.9 Å². The van der Waals surface area contributed by atoms with Crippen LogP contribution >= 0.6 is 11.3 Å². The average Bonchev–Trinajstić information content (AvgIpc) is 3.54. The van der Waals surface area contributed by atoms with Crippen molar-refractivity contribution in [2.24, 2.45) is 0 Å². The first-order valence-electron chi connectivity index (χ1n) is 13.7. The van der Waals surface area contributed by atoms with Crippen LogP contribution in [-0.2, 0) is 20.1 Å². The van der Waals surface area contributed by atoms with Crippen LogP contribution in [0.2, 0.25) is 0 Å². The summed E-state index contributed by atoms with van der Waals surface area (Å²) in [6.07, 6.45) is 3.57. The summed E-state index contributed by atoms with van der Waals surface area (Å²) >= 11 is 1.77. The molecule has 195 valence electrons. The number of thiophene rings is 1. The number of nitrogens with zero attached hydrogens (tertiary/aromatic N) is 2. The van der Waals surface area contributed by atoms with Gasteiger partial charge in [-0.1, -0.05) is 34.7 Å². The number of aromatic nitrogens is 2. The van der Waals surface area contributed by atoms with E-state index in [2.05, 4.69) is 53.3 Å². The number of benzene rings is 3. The molecule has 0 fully saturated rings. The van der Waals surface area contributed by atoms with Crippen molar-refractivity contribution in [2.45, 2.75) is 27.6 Å². The maximum atomic E-state index is 7.74. The molecule has 4 heterocycles. The predicted molar refractivity (Wildman–Crippen MR) is 159 cm³/mol. The molecule has 0 aliphatic heterocycles. The SMILES string of the molecule is Cc1ccc(-c2[c-]cccc2)nc1.[2H]Cc1cnc(-c2[c-]ccc3c2oc2cc4sc(C)cc4cc23)cc1C[2H].[Ir]. The number of hydrogen-bond acceptors (Lipinski definition) is 4. The fourth-order valence-electron chi connectivity index (χ4n) is 4.44. The van der Waals surface area contributed by atoms with Crippen LogP contribution in [0.25, 0.3) is 54.5 Å². The van der Waals surface area contributed by atoms with Crippen molar-refractivity contribution in [2.75, 3.05) is 0 Å². The van der Waals surface area contributed by atoms with Gasteiger partial charge in [-0.2, -0.15) is 0 Å². The smallest absolute Gasteiger partial charge is 0.122 e. The second kappa shape index (κ2) is 11.2. The minimum Gasteiger partial charge on any atom is -0.501 e. The Labute approximate surface area is 248 Å². The second-order valence-corrected chi connectivity index (χ2v) is 10.6. The topological polar surface area (TPSA) is 38.9 Å². The third kappa shape index (κ3) is 5.44. The molecule has 39 heavy (non-hydrogen) atoms. The summed E-state index contributed by atoms with van der Waals surface area (Å²) in [5.41, 5.74) is 7.99.